The molecule has 0 amide bonds. The molecule has 4 heteroatoms. The minimum atomic E-state index is 0.699. The van der Waals surface area contributed by atoms with E-state index in [1.807, 2.05) is 47.3 Å². The van der Waals surface area contributed by atoms with Crippen LogP contribution in [0.5, 0.6) is 5.75 Å². The quantitative estimate of drug-likeness (QED) is 0.703. The summed E-state index contributed by atoms with van der Waals surface area (Å²) in [6.45, 7) is 0.699. The van der Waals surface area contributed by atoms with Crippen molar-refractivity contribution in [2.24, 2.45) is 0 Å². The van der Waals surface area contributed by atoms with Crippen LogP contribution in [-0.2, 0) is 6.54 Å². The summed E-state index contributed by atoms with van der Waals surface area (Å²) in [5.74, 6) is 0.851. The minimum Gasteiger partial charge on any atom is -0.497 e. The molecule has 0 radical (unpaired) electrons. The van der Waals surface area contributed by atoms with Gasteiger partial charge in [-0.2, -0.15) is 5.10 Å². The molecule has 0 bridgehead atoms. The van der Waals surface area contributed by atoms with E-state index >= 15 is 0 Å². The van der Waals surface area contributed by atoms with Gasteiger partial charge in [-0.25, -0.2) is 0 Å². The molecule has 0 aliphatic carbocycles. The van der Waals surface area contributed by atoms with E-state index in [0.29, 0.717) is 6.54 Å². The van der Waals surface area contributed by atoms with Gasteiger partial charge < -0.3 is 4.74 Å². The number of methoxy groups -OCH3 is 1. The molecule has 1 heterocycles. The molecule has 0 unspecified atom stereocenters. The summed E-state index contributed by atoms with van der Waals surface area (Å²) in [5.41, 5.74) is 3.43. The third-order valence-electron chi connectivity index (χ3n) is 3.33. The van der Waals surface area contributed by atoms with Gasteiger partial charge in [-0.3, -0.25) is 4.68 Å². The van der Waals surface area contributed by atoms with Gasteiger partial charge in [-0.1, -0.05) is 46.3 Å². The molecule has 3 nitrogen and oxygen atoms in total. The van der Waals surface area contributed by atoms with E-state index in [4.69, 9.17) is 4.74 Å². The number of hydrogen-bond donors (Lipinski definition) is 0. The topological polar surface area (TPSA) is 27.1 Å². The third kappa shape index (κ3) is 3.16. The van der Waals surface area contributed by atoms with E-state index in [9.17, 15) is 0 Å². The van der Waals surface area contributed by atoms with E-state index in [1.54, 1.807) is 7.11 Å². The Morgan fingerprint density at radius 1 is 1.10 bits per heavy atom. The van der Waals surface area contributed by atoms with Crippen molar-refractivity contribution < 1.29 is 4.74 Å². The Labute approximate surface area is 132 Å². The molecular formula is C17H15BrN2O. The highest BCUT2D eigenvalue weighted by molar-refractivity contribution is 9.10. The van der Waals surface area contributed by atoms with Crippen LogP contribution in [0.1, 0.15) is 5.56 Å². The van der Waals surface area contributed by atoms with Crippen molar-refractivity contribution in [2.45, 2.75) is 6.54 Å². The lowest BCUT2D eigenvalue weighted by Crippen LogP contribution is -2.01. The number of benzene rings is 2. The summed E-state index contributed by atoms with van der Waals surface area (Å²) in [6.07, 6.45) is 3.95. The number of hydrogen-bond acceptors (Lipinski definition) is 2. The van der Waals surface area contributed by atoms with Gasteiger partial charge in [0.25, 0.3) is 0 Å². The van der Waals surface area contributed by atoms with Gasteiger partial charge in [0.2, 0.25) is 0 Å². The maximum Gasteiger partial charge on any atom is 0.119 e. The van der Waals surface area contributed by atoms with Gasteiger partial charge in [-0.15, -0.1) is 0 Å². The fourth-order valence-corrected chi connectivity index (χ4v) is 2.58. The van der Waals surface area contributed by atoms with Gasteiger partial charge in [0.15, 0.2) is 0 Å². The first kappa shape index (κ1) is 13.9. The summed E-state index contributed by atoms with van der Waals surface area (Å²) in [5, 5.41) is 4.44. The second kappa shape index (κ2) is 6.14. The van der Waals surface area contributed by atoms with Crippen LogP contribution >= 0.6 is 15.9 Å². The largest absolute Gasteiger partial charge is 0.497 e. The van der Waals surface area contributed by atoms with Gasteiger partial charge >= 0.3 is 0 Å². The summed E-state index contributed by atoms with van der Waals surface area (Å²) in [4.78, 5) is 0. The standard InChI is InChI=1S/C17H15BrN2O/c1-21-16-7-8-17(18)14(9-16)11-20-12-15(10-19-20)13-5-3-2-4-6-13/h2-10,12H,11H2,1H3. The Balaban J connectivity index is 1.85. The molecule has 0 fully saturated rings. The maximum absolute atomic E-state index is 5.27. The Hall–Kier alpha value is -2.07. The van der Waals surface area contributed by atoms with Crippen LogP contribution in [0, 0.1) is 0 Å². The summed E-state index contributed by atoms with van der Waals surface area (Å²) in [6, 6.07) is 16.2. The molecule has 3 aromatic rings. The van der Waals surface area contributed by atoms with E-state index in [-0.39, 0.29) is 0 Å². The van der Waals surface area contributed by atoms with Crippen molar-refractivity contribution in [3.05, 3.63) is 71.0 Å². The fourth-order valence-electron chi connectivity index (χ4n) is 2.20. The van der Waals surface area contributed by atoms with Crippen LogP contribution in [0.15, 0.2) is 65.4 Å². The molecule has 21 heavy (non-hydrogen) atoms. The molecule has 106 valence electrons. The van der Waals surface area contributed by atoms with Gasteiger partial charge in [0.05, 0.1) is 19.9 Å². The van der Waals surface area contributed by atoms with E-state index < -0.39 is 0 Å². The predicted octanol–water partition coefficient (Wildman–Crippen LogP) is 4.37. The number of ether oxygens (including phenoxy) is 1. The van der Waals surface area contributed by atoms with E-state index in [0.717, 1.165) is 21.3 Å². The molecule has 0 saturated heterocycles. The van der Waals surface area contributed by atoms with Crippen LogP contribution < -0.4 is 4.74 Å². The van der Waals surface area contributed by atoms with Gasteiger partial charge in [-0.05, 0) is 29.3 Å². The molecule has 2 aromatic carbocycles. The Morgan fingerprint density at radius 3 is 2.67 bits per heavy atom. The number of halogens is 1. The lowest BCUT2D eigenvalue weighted by Gasteiger charge is -2.07. The highest BCUT2D eigenvalue weighted by Gasteiger charge is 2.06. The van der Waals surface area contributed by atoms with Crippen LogP contribution in [0.4, 0.5) is 0 Å². The van der Waals surface area contributed by atoms with Gasteiger partial charge in [0, 0.05) is 16.2 Å². The molecular weight excluding hydrogens is 328 g/mol. The monoisotopic (exact) mass is 342 g/mol. The molecule has 0 N–H and O–H groups in total. The van der Waals surface area contributed by atoms with Crippen molar-refractivity contribution in [1.82, 2.24) is 9.78 Å². The first-order valence-corrected chi connectivity index (χ1v) is 7.46. The molecule has 0 atom stereocenters. The van der Waals surface area contributed by atoms with Crippen LogP contribution in [-0.4, -0.2) is 16.9 Å². The summed E-state index contributed by atoms with van der Waals surface area (Å²) < 4.78 is 8.26. The Bertz CT molecular complexity index is 738. The fraction of sp³-hybridized carbons (Fsp3) is 0.118. The first-order valence-electron chi connectivity index (χ1n) is 6.66. The zero-order chi connectivity index (χ0) is 14.7. The SMILES string of the molecule is COc1ccc(Br)c(Cn2cc(-c3ccccc3)cn2)c1. The second-order valence-electron chi connectivity index (χ2n) is 4.75. The molecule has 0 aliphatic rings. The van der Waals surface area contributed by atoms with E-state index in [1.165, 1.54) is 5.56 Å². The van der Waals surface area contributed by atoms with Crippen LogP contribution in [0.2, 0.25) is 0 Å². The molecule has 0 aliphatic heterocycles. The zero-order valence-corrected chi connectivity index (χ0v) is 13.2. The Kier molecular flexibility index (Phi) is 4.06. The number of nitrogens with zero attached hydrogens (tertiary/aromatic N) is 2. The second-order valence-corrected chi connectivity index (χ2v) is 5.60. The van der Waals surface area contributed by atoms with Crippen molar-refractivity contribution in [3.8, 4) is 16.9 Å². The Morgan fingerprint density at radius 2 is 1.90 bits per heavy atom. The van der Waals surface area contributed by atoms with E-state index in [2.05, 4.69) is 39.4 Å². The maximum atomic E-state index is 5.27. The summed E-state index contributed by atoms with van der Waals surface area (Å²) >= 11 is 3.57. The van der Waals surface area contributed by atoms with Crippen molar-refractivity contribution in [1.29, 1.82) is 0 Å². The normalized spacial score (nSPS) is 10.6. The first-order chi connectivity index (χ1) is 10.3. The lowest BCUT2D eigenvalue weighted by molar-refractivity contribution is 0.414. The highest BCUT2D eigenvalue weighted by Crippen LogP contribution is 2.24. The average Bonchev–Trinajstić information content (AvgIpc) is 2.99. The number of rotatable bonds is 4. The number of aromatic nitrogens is 2. The predicted molar refractivity (Wildman–Crippen MR) is 87.5 cm³/mol. The zero-order valence-electron chi connectivity index (χ0n) is 11.7. The molecule has 0 spiro atoms. The van der Waals surface area contributed by atoms with Gasteiger partial charge in [0.1, 0.15) is 5.75 Å². The minimum absolute atomic E-state index is 0.699. The average molecular weight is 343 g/mol. The molecule has 1 aromatic heterocycles. The van der Waals surface area contributed by atoms with Crippen LogP contribution in [0.3, 0.4) is 0 Å². The third-order valence-corrected chi connectivity index (χ3v) is 4.10. The smallest absolute Gasteiger partial charge is 0.119 e. The summed E-state index contributed by atoms with van der Waals surface area (Å²) in [7, 11) is 1.68. The molecule has 0 saturated carbocycles. The van der Waals surface area contributed by atoms with Crippen molar-refractivity contribution in [3.63, 3.8) is 0 Å². The van der Waals surface area contributed by atoms with Crippen LogP contribution in [0.25, 0.3) is 11.1 Å². The lowest BCUT2D eigenvalue weighted by atomic mass is 10.1. The van der Waals surface area contributed by atoms with Crippen molar-refractivity contribution in [2.75, 3.05) is 7.11 Å². The highest BCUT2D eigenvalue weighted by atomic mass is 79.9. The van der Waals surface area contributed by atoms with Crippen molar-refractivity contribution >= 4 is 15.9 Å². The molecule has 3 rings (SSSR count).